The fraction of sp³-hybridized carbons (Fsp3) is 0.286. The summed E-state index contributed by atoms with van der Waals surface area (Å²) < 4.78 is 11.1. The SMILES string of the molecule is CCc1nc(CSc2nnc(Nc3cccc(OC)c3)s2)no1. The van der Waals surface area contributed by atoms with E-state index in [1.54, 1.807) is 7.11 Å². The van der Waals surface area contributed by atoms with Crippen molar-refractivity contribution in [1.29, 1.82) is 0 Å². The highest BCUT2D eigenvalue weighted by Gasteiger charge is 2.09. The fourth-order valence-electron chi connectivity index (χ4n) is 1.76. The second-order valence-corrected chi connectivity index (χ2v) is 6.68. The Balaban J connectivity index is 1.59. The predicted octanol–water partition coefficient (Wildman–Crippen LogP) is 3.53. The second-order valence-electron chi connectivity index (χ2n) is 4.48. The normalized spacial score (nSPS) is 10.7. The van der Waals surface area contributed by atoms with Gasteiger partial charge in [0.05, 0.1) is 12.9 Å². The van der Waals surface area contributed by atoms with Crippen LogP contribution in [0.1, 0.15) is 18.6 Å². The summed E-state index contributed by atoms with van der Waals surface area (Å²) in [5.74, 6) is 2.72. The molecule has 0 unspecified atom stereocenters. The van der Waals surface area contributed by atoms with Gasteiger partial charge in [-0.05, 0) is 12.1 Å². The lowest BCUT2D eigenvalue weighted by atomic mass is 10.3. The van der Waals surface area contributed by atoms with Crippen LogP contribution in [0.3, 0.4) is 0 Å². The summed E-state index contributed by atoms with van der Waals surface area (Å²) in [7, 11) is 1.64. The van der Waals surface area contributed by atoms with E-state index in [-0.39, 0.29) is 0 Å². The minimum absolute atomic E-state index is 0.608. The minimum atomic E-state index is 0.608. The molecule has 3 aromatic rings. The highest BCUT2D eigenvalue weighted by Crippen LogP contribution is 2.30. The molecule has 3 rings (SSSR count). The molecular formula is C14H15N5O2S2. The number of methoxy groups -OCH3 is 1. The molecule has 120 valence electrons. The summed E-state index contributed by atoms with van der Waals surface area (Å²) in [5, 5.41) is 16.1. The van der Waals surface area contributed by atoms with Crippen molar-refractivity contribution < 1.29 is 9.26 Å². The summed E-state index contributed by atoms with van der Waals surface area (Å²) in [6, 6.07) is 7.66. The molecule has 2 aromatic heterocycles. The van der Waals surface area contributed by atoms with Gasteiger partial charge in [0.15, 0.2) is 10.2 Å². The lowest BCUT2D eigenvalue weighted by molar-refractivity contribution is 0.378. The fourth-order valence-corrected chi connectivity index (χ4v) is 3.38. The van der Waals surface area contributed by atoms with Gasteiger partial charge in [-0.25, -0.2) is 0 Å². The number of nitrogens with zero attached hydrogens (tertiary/aromatic N) is 4. The van der Waals surface area contributed by atoms with E-state index in [1.807, 2.05) is 31.2 Å². The smallest absolute Gasteiger partial charge is 0.226 e. The molecule has 0 spiro atoms. The van der Waals surface area contributed by atoms with Gasteiger partial charge in [0, 0.05) is 18.2 Å². The van der Waals surface area contributed by atoms with Crippen molar-refractivity contribution in [2.45, 2.75) is 23.4 Å². The number of benzene rings is 1. The number of thioether (sulfide) groups is 1. The van der Waals surface area contributed by atoms with Crippen molar-refractivity contribution in [3.05, 3.63) is 36.0 Å². The van der Waals surface area contributed by atoms with Gasteiger partial charge in [0.2, 0.25) is 11.0 Å². The number of ether oxygens (including phenoxy) is 1. The Labute approximate surface area is 141 Å². The molecule has 0 aliphatic carbocycles. The molecule has 0 amide bonds. The summed E-state index contributed by atoms with van der Waals surface area (Å²) in [6.45, 7) is 1.98. The molecule has 0 saturated carbocycles. The summed E-state index contributed by atoms with van der Waals surface area (Å²) in [4.78, 5) is 4.27. The molecular weight excluding hydrogens is 334 g/mol. The van der Waals surface area contributed by atoms with E-state index in [2.05, 4.69) is 25.7 Å². The van der Waals surface area contributed by atoms with E-state index in [1.165, 1.54) is 23.1 Å². The largest absolute Gasteiger partial charge is 0.497 e. The maximum Gasteiger partial charge on any atom is 0.226 e. The Morgan fingerprint density at radius 3 is 3.04 bits per heavy atom. The van der Waals surface area contributed by atoms with Crippen LogP contribution in [0.5, 0.6) is 5.75 Å². The zero-order valence-corrected chi connectivity index (χ0v) is 14.3. The zero-order chi connectivity index (χ0) is 16.1. The molecule has 0 atom stereocenters. The Kier molecular flexibility index (Phi) is 5.09. The summed E-state index contributed by atoms with van der Waals surface area (Å²) in [6.07, 6.45) is 0.741. The molecule has 0 radical (unpaired) electrons. The van der Waals surface area contributed by atoms with Gasteiger partial charge in [-0.3, -0.25) is 0 Å². The molecule has 1 N–H and O–H groups in total. The second kappa shape index (κ2) is 7.42. The summed E-state index contributed by atoms with van der Waals surface area (Å²) in [5.41, 5.74) is 0.905. The molecule has 2 heterocycles. The average molecular weight is 349 g/mol. The minimum Gasteiger partial charge on any atom is -0.497 e. The first-order chi connectivity index (χ1) is 11.3. The van der Waals surface area contributed by atoms with Gasteiger partial charge < -0.3 is 14.6 Å². The van der Waals surface area contributed by atoms with E-state index >= 15 is 0 Å². The van der Waals surface area contributed by atoms with Crippen LogP contribution in [0.25, 0.3) is 0 Å². The predicted molar refractivity (Wildman–Crippen MR) is 89.4 cm³/mol. The van der Waals surface area contributed by atoms with Crippen LogP contribution in [0.4, 0.5) is 10.8 Å². The molecule has 0 bridgehead atoms. The van der Waals surface area contributed by atoms with Gasteiger partial charge in [-0.2, -0.15) is 4.98 Å². The van der Waals surface area contributed by atoms with Gasteiger partial charge in [0.25, 0.3) is 0 Å². The lowest BCUT2D eigenvalue weighted by Crippen LogP contribution is -1.90. The molecule has 0 aliphatic rings. The van der Waals surface area contributed by atoms with Crippen LogP contribution in [-0.4, -0.2) is 27.4 Å². The molecule has 9 heteroatoms. The third kappa shape index (κ3) is 4.20. The maximum absolute atomic E-state index is 5.20. The van der Waals surface area contributed by atoms with E-state index in [0.29, 0.717) is 17.5 Å². The Bertz CT molecular complexity index is 774. The van der Waals surface area contributed by atoms with E-state index < -0.39 is 0 Å². The standard InChI is InChI=1S/C14H15N5O2S2/c1-3-12-16-11(19-21-12)8-22-14-18-17-13(23-14)15-9-5-4-6-10(7-9)20-2/h4-7H,3,8H2,1-2H3,(H,15,17). The summed E-state index contributed by atoms with van der Waals surface area (Å²) >= 11 is 3.01. The third-order valence-corrected chi connectivity index (χ3v) is 4.83. The van der Waals surface area contributed by atoms with E-state index in [9.17, 15) is 0 Å². The van der Waals surface area contributed by atoms with Crippen LogP contribution in [-0.2, 0) is 12.2 Å². The van der Waals surface area contributed by atoms with Crippen LogP contribution in [0.15, 0.2) is 33.1 Å². The Morgan fingerprint density at radius 2 is 2.26 bits per heavy atom. The van der Waals surface area contributed by atoms with Gasteiger partial charge in [-0.1, -0.05) is 41.2 Å². The number of rotatable bonds is 7. The number of hydrogen-bond acceptors (Lipinski definition) is 9. The third-order valence-electron chi connectivity index (χ3n) is 2.86. The topological polar surface area (TPSA) is 86.0 Å². The van der Waals surface area contributed by atoms with Gasteiger partial charge in [-0.15, -0.1) is 10.2 Å². The first kappa shape index (κ1) is 15.8. The maximum atomic E-state index is 5.20. The molecule has 1 aromatic carbocycles. The van der Waals surface area contributed by atoms with Crippen molar-refractivity contribution in [3.8, 4) is 5.75 Å². The Morgan fingerprint density at radius 1 is 1.35 bits per heavy atom. The Hall–Kier alpha value is -2.13. The number of aryl methyl sites for hydroxylation is 1. The van der Waals surface area contributed by atoms with E-state index in [4.69, 9.17) is 9.26 Å². The molecule has 0 fully saturated rings. The quantitative estimate of drug-likeness (QED) is 0.648. The van der Waals surface area contributed by atoms with Gasteiger partial charge in [0.1, 0.15) is 5.75 Å². The molecule has 0 saturated heterocycles. The van der Waals surface area contributed by atoms with Crippen molar-refractivity contribution in [1.82, 2.24) is 20.3 Å². The first-order valence-electron chi connectivity index (χ1n) is 6.95. The lowest BCUT2D eigenvalue weighted by Gasteiger charge is -2.04. The first-order valence-corrected chi connectivity index (χ1v) is 8.76. The monoisotopic (exact) mass is 349 g/mol. The van der Waals surface area contributed by atoms with E-state index in [0.717, 1.165) is 27.3 Å². The van der Waals surface area contributed by atoms with Crippen LogP contribution in [0, 0.1) is 0 Å². The highest BCUT2D eigenvalue weighted by atomic mass is 32.2. The number of hydrogen-bond donors (Lipinski definition) is 1. The number of aromatic nitrogens is 4. The van der Waals surface area contributed by atoms with Crippen molar-refractivity contribution in [2.75, 3.05) is 12.4 Å². The van der Waals surface area contributed by atoms with Crippen molar-refractivity contribution in [2.24, 2.45) is 0 Å². The van der Waals surface area contributed by atoms with Crippen molar-refractivity contribution in [3.63, 3.8) is 0 Å². The number of anilines is 2. The average Bonchev–Trinajstić information content (AvgIpc) is 3.22. The van der Waals surface area contributed by atoms with Gasteiger partial charge >= 0.3 is 0 Å². The van der Waals surface area contributed by atoms with Crippen molar-refractivity contribution >= 4 is 33.9 Å². The van der Waals surface area contributed by atoms with Crippen LogP contribution < -0.4 is 10.1 Å². The zero-order valence-electron chi connectivity index (χ0n) is 12.6. The molecule has 7 nitrogen and oxygen atoms in total. The molecule has 23 heavy (non-hydrogen) atoms. The van der Waals surface area contributed by atoms with Crippen LogP contribution >= 0.6 is 23.1 Å². The number of nitrogens with one attached hydrogen (secondary N) is 1. The molecule has 0 aliphatic heterocycles. The highest BCUT2D eigenvalue weighted by molar-refractivity contribution is 8.00. The van der Waals surface area contributed by atoms with Crippen LogP contribution in [0.2, 0.25) is 0 Å².